The van der Waals surface area contributed by atoms with Crippen molar-refractivity contribution in [3.63, 3.8) is 0 Å². The number of amides is 1. The third kappa shape index (κ3) is 3.01. The van der Waals surface area contributed by atoms with E-state index >= 15 is 0 Å². The Balaban J connectivity index is 2.88. The van der Waals surface area contributed by atoms with Crippen LogP contribution < -0.4 is 5.32 Å². The third-order valence-electron chi connectivity index (χ3n) is 1.68. The molecule has 0 spiro atoms. The molecule has 86 valence electrons. The number of benzene rings is 1. The van der Waals surface area contributed by atoms with Crippen LogP contribution in [0.5, 0.6) is 5.75 Å². The van der Waals surface area contributed by atoms with Crippen molar-refractivity contribution in [1.29, 1.82) is 0 Å². The zero-order valence-electron chi connectivity index (χ0n) is 7.83. The molecule has 0 atom stereocenters. The van der Waals surface area contributed by atoms with Crippen LogP contribution >= 0.6 is 23.2 Å². The second kappa shape index (κ2) is 5.05. The van der Waals surface area contributed by atoms with Gasteiger partial charge in [-0.05, 0) is 12.1 Å². The van der Waals surface area contributed by atoms with Gasteiger partial charge in [-0.25, -0.2) is 0 Å². The second-order valence-corrected chi connectivity index (χ2v) is 3.68. The van der Waals surface area contributed by atoms with Crippen LogP contribution in [0.25, 0.3) is 0 Å². The standard InChI is InChI=1S/C9H7Cl2NO4/c10-5-1-4(2-6(11)8(5)15)9(16)12-3-7(13)14/h1-2,15H,3H2,(H,12,16)(H,13,14). The Labute approximate surface area is 101 Å². The summed E-state index contributed by atoms with van der Waals surface area (Å²) in [7, 11) is 0. The molecular weight excluding hydrogens is 257 g/mol. The zero-order valence-corrected chi connectivity index (χ0v) is 9.34. The Morgan fingerprint density at radius 2 is 1.75 bits per heavy atom. The summed E-state index contributed by atoms with van der Waals surface area (Å²) in [5.74, 6) is -2.12. The molecule has 1 rings (SSSR count). The van der Waals surface area contributed by atoms with Crippen LogP contribution in [0, 0.1) is 0 Å². The highest BCUT2D eigenvalue weighted by Crippen LogP contribution is 2.32. The number of carboxylic acids is 1. The van der Waals surface area contributed by atoms with Crippen LogP contribution in [0.15, 0.2) is 12.1 Å². The highest BCUT2D eigenvalue weighted by Gasteiger charge is 2.12. The van der Waals surface area contributed by atoms with E-state index in [0.717, 1.165) is 0 Å². The monoisotopic (exact) mass is 263 g/mol. The van der Waals surface area contributed by atoms with Gasteiger partial charge in [-0.3, -0.25) is 9.59 Å². The highest BCUT2D eigenvalue weighted by atomic mass is 35.5. The Hall–Kier alpha value is -1.46. The first-order valence-corrected chi connectivity index (χ1v) is 4.85. The summed E-state index contributed by atoms with van der Waals surface area (Å²) in [5, 5.41) is 19.6. The molecule has 1 amide bonds. The molecule has 3 N–H and O–H groups in total. The number of aromatic hydroxyl groups is 1. The Bertz CT molecular complexity index is 424. The molecular formula is C9H7Cl2NO4. The number of aliphatic carboxylic acids is 1. The number of nitrogens with one attached hydrogen (secondary N) is 1. The Morgan fingerprint density at radius 1 is 1.25 bits per heavy atom. The maximum atomic E-state index is 11.4. The van der Waals surface area contributed by atoms with E-state index in [2.05, 4.69) is 5.32 Å². The first kappa shape index (κ1) is 12.6. The Kier molecular flexibility index (Phi) is 3.98. The first-order chi connectivity index (χ1) is 7.41. The number of rotatable bonds is 3. The molecule has 0 aliphatic heterocycles. The van der Waals surface area contributed by atoms with E-state index in [-0.39, 0.29) is 21.4 Å². The fraction of sp³-hybridized carbons (Fsp3) is 0.111. The summed E-state index contributed by atoms with van der Waals surface area (Å²) in [6.07, 6.45) is 0. The van der Waals surface area contributed by atoms with Crippen LogP contribution in [0.4, 0.5) is 0 Å². The molecule has 0 radical (unpaired) electrons. The summed E-state index contributed by atoms with van der Waals surface area (Å²) >= 11 is 11.2. The molecule has 7 heteroatoms. The van der Waals surface area contributed by atoms with Gasteiger partial charge in [-0.15, -0.1) is 0 Å². The molecule has 0 saturated heterocycles. The molecule has 0 aliphatic rings. The molecule has 0 heterocycles. The largest absolute Gasteiger partial charge is 0.505 e. The summed E-state index contributed by atoms with van der Waals surface area (Å²) < 4.78 is 0. The van der Waals surface area contributed by atoms with E-state index in [1.807, 2.05) is 0 Å². The van der Waals surface area contributed by atoms with Crippen molar-refractivity contribution in [2.75, 3.05) is 6.54 Å². The smallest absolute Gasteiger partial charge is 0.322 e. The fourth-order valence-corrected chi connectivity index (χ4v) is 1.44. The average molecular weight is 264 g/mol. The van der Waals surface area contributed by atoms with E-state index in [4.69, 9.17) is 28.3 Å². The minimum atomic E-state index is -1.16. The van der Waals surface area contributed by atoms with E-state index in [1.54, 1.807) is 0 Å². The zero-order chi connectivity index (χ0) is 12.3. The quantitative estimate of drug-likeness (QED) is 0.772. The summed E-state index contributed by atoms with van der Waals surface area (Å²) in [6.45, 7) is -0.505. The number of carboxylic acid groups (broad SMARTS) is 1. The van der Waals surface area contributed by atoms with E-state index < -0.39 is 18.4 Å². The van der Waals surface area contributed by atoms with Crippen molar-refractivity contribution in [2.24, 2.45) is 0 Å². The predicted molar refractivity (Wildman–Crippen MR) is 58.1 cm³/mol. The van der Waals surface area contributed by atoms with E-state index in [9.17, 15) is 14.7 Å². The van der Waals surface area contributed by atoms with Crippen molar-refractivity contribution in [1.82, 2.24) is 5.32 Å². The summed E-state index contributed by atoms with van der Waals surface area (Å²) in [4.78, 5) is 21.6. The van der Waals surface area contributed by atoms with Gasteiger partial charge >= 0.3 is 5.97 Å². The number of hydrogen-bond acceptors (Lipinski definition) is 3. The normalized spacial score (nSPS) is 9.88. The van der Waals surface area contributed by atoms with Gasteiger partial charge in [0.2, 0.25) is 0 Å². The van der Waals surface area contributed by atoms with Crippen LogP contribution in [0.1, 0.15) is 10.4 Å². The highest BCUT2D eigenvalue weighted by molar-refractivity contribution is 6.37. The summed E-state index contributed by atoms with van der Waals surface area (Å²) in [6, 6.07) is 2.39. The molecule has 16 heavy (non-hydrogen) atoms. The van der Waals surface area contributed by atoms with Gasteiger partial charge in [0.1, 0.15) is 6.54 Å². The molecule has 1 aromatic carbocycles. The van der Waals surface area contributed by atoms with Gasteiger partial charge in [-0.2, -0.15) is 0 Å². The number of carbonyl (C=O) groups excluding carboxylic acids is 1. The van der Waals surface area contributed by atoms with Crippen LogP contribution in [-0.4, -0.2) is 28.6 Å². The minimum absolute atomic E-state index is 0.0759. The van der Waals surface area contributed by atoms with E-state index in [1.165, 1.54) is 12.1 Å². The summed E-state index contributed by atoms with van der Waals surface area (Å²) in [5.41, 5.74) is 0.0778. The topological polar surface area (TPSA) is 86.6 Å². The SMILES string of the molecule is O=C(O)CNC(=O)c1cc(Cl)c(O)c(Cl)c1. The molecule has 5 nitrogen and oxygen atoms in total. The lowest BCUT2D eigenvalue weighted by atomic mass is 10.2. The van der Waals surface area contributed by atoms with Crippen molar-refractivity contribution in [2.45, 2.75) is 0 Å². The molecule has 0 bridgehead atoms. The molecule has 0 unspecified atom stereocenters. The molecule has 0 aliphatic carbocycles. The average Bonchev–Trinajstić information content (AvgIpc) is 2.21. The van der Waals surface area contributed by atoms with Gasteiger partial charge in [-0.1, -0.05) is 23.2 Å². The van der Waals surface area contributed by atoms with Gasteiger partial charge in [0.05, 0.1) is 10.0 Å². The van der Waals surface area contributed by atoms with Gasteiger partial charge < -0.3 is 15.5 Å². The maximum absolute atomic E-state index is 11.4. The number of hydrogen-bond donors (Lipinski definition) is 3. The van der Waals surface area contributed by atoms with E-state index in [0.29, 0.717) is 0 Å². The lowest BCUT2D eigenvalue weighted by Gasteiger charge is -2.05. The molecule has 0 saturated carbocycles. The lowest BCUT2D eigenvalue weighted by Crippen LogP contribution is -2.29. The predicted octanol–water partition coefficient (Wildman–Crippen LogP) is 1.51. The van der Waals surface area contributed by atoms with Gasteiger partial charge in [0, 0.05) is 5.56 Å². The van der Waals surface area contributed by atoms with Crippen LogP contribution in [0.3, 0.4) is 0 Å². The van der Waals surface area contributed by atoms with Gasteiger partial charge in [0.25, 0.3) is 5.91 Å². The minimum Gasteiger partial charge on any atom is -0.505 e. The molecule has 0 fully saturated rings. The van der Waals surface area contributed by atoms with Crippen LogP contribution in [-0.2, 0) is 4.79 Å². The maximum Gasteiger partial charge on any atom is 0.322 e. The van der Waals surface area contributed by atoms with Crippen molar-refractivity contribution < 1.29 is 19.8 Å². The number of halogens is 2. The third-order valence-corrected chi connectivity index (χ3v) is 2.26. The number of phenolic OH excluding ortho intramolecular Hbond substituents is 1. The number of phenols is 1. The Morgan fingerprint density at radius 3 is 2.19 bits per heavy atom. The van der Waals surface area contributed by atoms with Gasteiger partial charge in [0.15, 0.2) is 5.75 Å². The lowest BCUT2D eigenvalue weighted by molar-refractivity contribution is -0.135. The first-order valence-electron chi connectivity index (χ1n) is 4.10. The number of carbonyl (C=O) groups is 2. The molecule has 0 aromatic heterocycles. The second-order valence-electron chi connectivity index (χ2n) is 2.86. The fourth-order valence-electron chi connectivity index (χ4n) is 0.955. The van der Waals surface area contributed by atoms with Crippen molar-refractivity contribution in [3.05, 3.63) is 27.7 Å². The van der Waals surface area contributed by atoms with Crippen LogP contribution in [0.2, 0.25) is 10.0 Å². The molecule has 1 aromatic rings. The van der Waals surface area contributed by atoms with Crippen molar-refractivity contribution in [3.8, 4) is 5.75 Å². The van der Waals surface area contributed by atoms with Crippen molar-refractivity contribution >= 4 is 35.1 Å².